The second kappa shape index (κ2) is 6.30. The van der Waals surface area contributed by atoms with E-state index in [0.717, 1.165) is 28.7 Å². The van der Waals surface area contributed by atoms with E-state index in [1.54, 1.807) is 6.07 Å². The van der Waals surface area contributed by atoms with Gasteiger partial charge in [-0.05, 0) is 24.1 Å². The molecule has 102 valence electrons. The molecule has 2 aromatic rings. The average molecular weight is 326 g/mol. The molecule has 0 spiro atoms. The third kappa shape index (κ3) is 3.64. The van der Waals surface area contributed by atoms with Crippen LogP contribution in [0.3, 0.4) is 0 Å². The van der Waals surface area contributed by atoms with Gasteiger partial charge in [0.2, 0.25) is 0 Å². The highest BCUT2D eigenvalue weighted by atomic mass is 79.9. The van der Waals surface area contributed by atoms with Crippen LogP contribution < -0.4 is 5.32 Å². The summed E-state index contributed by atoms with van der Waals surface area (Å²) in [7, 11) is 1.93. The maximum atomic E-state index is 13.0. The molecule has 1 aromatic heterocycles. The van der Waals surface area contributed by atoms with Crippen LogP contribution in [0.2, 0.25) is 0 Å². The van der Waals surface area contributed by atoms with Crippen molar-refractivity contribution in [1.82, 2.24) is 15.1 Å². The van der Waals surface area contributed by atoms with Crippen molar-refractivity contribution in [2.75, 3.05) is 0 Å². The molecule has 5 heteroatoms. The molecule has 1 heterocycles. The summed E-state index contributed by atoms with van der Waals surface area (Å²) in [6.45, 7) is 3.56. The summed E-state index contributed by atoms with van der Waals surface area (Å²) in [5.41, 5.74) is 3.37. The predicted molar refractivity (Wildman–Crippen MR) is 77.2 cm³/mol. The van der Waals surface area contributed by atoms with Crippen LogP contribution in [0.4, 0.5) is 4.39 Å². The third-order valence-corrected chi connectivity index (χ3v) is 3.71. The van der Waals surface area contributed by atoms with E-state index in [0.29, 0.717) is 6.54 Å². The summed E-state index contributed by atoms with van der Waals surface area (Å²) < 4.78 is 15.6. The molecule has 0 saturated carbocycles. The van der Waals surface area contributed by atoms with Gasteiger partial charge in [0.05, 0.1) is 5.69 Å². The van der Waals surface area contributed by atoms with Crippen molar-refractivity contribution in [3.8, 4) is 0 Å². The topological polar surface area (TPSA) is 29.9 Å². The van der Waals surface area contributed by atoms with Crippen molar-refractivity contribution in [2.24, 2.45) is 7.05 Å². The highest BCUT2D eigenvalue weighted by Gasteiger charge is 2.06. The number of nitrogens with one attached hydrogen (secondary N) is 1. The van der Waals surface area contributed by atoms with Crippen molar-refractivity contribution < 1.29 is 4.39 Å². The number of hydrogen-bond acceptors (Lipinski definition) is 2. The molecule has 0 radical (unpaired) electrons. The van der Waals surface area contributed by atoms with Crippen LogP contribution in [0, 0.1) is 5.82 Å². The van der Waals surface area contributed by atoms with Gasteiger partial charge in [0.1, 0.15) is 5.82 Å². The van der Waals surface area contributed by atoms with Gasteiger partial charge in [0, 0.05) is 36.4 Å². The predicted octanol–water partition coefficient (Wildman–Crippen LogP) is 3.17. The molecule has 19 heavy (non-hydrogen) atoms. The van der Waals surface area contributed by atoms with Gasteiger partial charge in [-0.2, -0.15) is 5.10 Å². The molecule has 0 aliphatic rings. The first-order chi connectivity index (χ1) is 9.10. The number of rotatable bonds is 5. The molecule has 3 nitrogen and oxygen atoms in total. The molecule has 0 aliphatic heterocycles. The Kier molecular flexibility index (Phi) is 4.71. The van der Waals surface area contributed by atoms with Crippen LogP contribution in [-0.2, 0) is 26.6 Å². The van der Waals surface area contributed by atoms with Crippen LogP contribution in [-0.4, -0.2) is 9.78 Å². The monoisotopic (exact) mass is 325 g/mol. The second-order valence-electron chi connectivity index (χ2n) is 4.47. The van der Waals surface area contributed by atoms with Crippen molar-refractivity contribution in [3.63, 3.8) is 0 Å². The van der Waals surface area contributed by atoms with E-state index in [2.05, 4.69) is 33.3 Å². The van der Waals surface area contributed by atoms with Crippen LogP contribution in [0.5, 0.6) is 0 Å². The highest BCUT2D eigenvalue weighted by Crippen LogP contribution is 2.18. The minimum Gasteiger partial charge on any atom is -0.308 e. The molecule has 1 N–H and O–H groups in total. The quantitative estimate of drug-likeness (QED) is 0.915. The fourth-order valence-corrected chi connectivity index (χ4v) is 2.52. The minimum atomic E-state index is -0.226. The molecule has 1 aromatic carbocycles. The van der Waals surface area contributed by atoms with E-state index in [1.807, 2.05) is 17.9 Å². The van der Waals surface area contributed by atoms with Gasteiger partial charge in [-0.1, -0.05) is 28.9 Å². The first kappa shape index (κ1) is 14.2. The lowest BCUT2D eigenvalue weighted by atomic mass is 10.2. The van der Waals surface area contributed by atoms with Crippen molar-refractivity contribution in [3.05, 3.63) is 51.5 Å². The number of hydrogen-bond donors (Lipinski definition) is 1. The summed E-state index contributed by atoms with van der Waals surface area (Å²) in [6, 6.07) is 4.75. The molecular formula is C14H17BrFN3. The Bertz CT molecular complexity index is 566. The Hall–Kier alpha value is -1.20. The smallest absolute Gasteiger partial charge is 0.124 e. The summed E-state index contributed by atoms with van der Waals surface area (Å²) in [4.78, 5) is 0. The van der Waals surface area contributed by atoms with Crippen molar-refractivity contribution in [1.29, 1.82) is 0 Å². The molecule has 0 amide bonds. The number of aromatic nitrogens is 2. The van der Waals surface area contributed by atoms with E-state index in [4.69, 9.17) is 0 Å². The van der Waals surface area contributed by atoms with Gasteiger partial charge in [-0.3, -0.25) is 4.68 Å². The molecular weight excluding hydrogens is 309 g/mol. The molecule has 0 fully saturated rings. The Morgan fingerprint density at radius 2 is 2.05 bits per heavy atom. The van der Waals surface area contributed by atoms with E-state index in [-0.39, 0.29) is 5.82 Å². The summed E-state index contributed by atoms with van der Waals surface area (Å²) in [5, 5.41) is 7.76. The van der Waals surface area contributed by atoms with Crippen LogP contribution in [0.1, 0.15) is 23.7 Å². The Labute approximate surface area is 121 Å². The zero-order valence-electron chi connectivity index (χ0n) is 11.1. The van der Waals surface area contributed by atoms with Crippen LogP contribution >= 0.6 is 15.9 Å². The number of nitrogens with zero attached hydrogens (tertiary/aromatic N) is 2. The zero-order valence-corrected chi connectivity index (χ0v) is 12.7. The second-order valence-corrected chi connectivity index (χ2v) is 5.32. The van der Waals surface area contributed by atoms with Crippen LogP contribution in [0.15, 0.2) is 28.9 Å². The van der Waals surface area contributed by atoms with Gasteiger partial charge < -0.3 is 5.32 Å². The lowest BCUT2D eigenvalue weighted by molar-refractivity contribution is 0.623. The Morgan fingerprint density at radius 3 is 2.74 bits per heavy atom. The summed E-state index contributed by atoms with van der Waals surface area (Å²) in [6.07, 6.45) is 2.96. The standard InChI is InChI=1S/C14H17BrFN3/c1-3-14-11(9-19(2)18-14)8-17-7-10-4-5-12(16)6-13(10)15/h4-6,9,17H,3,7-8H2,1-2H3. The molecule has 0 saturated heterocycles. The molecule has 2 rings (SSSR count). The maximum absolute atomic E-state index is 13.0. The Morgan fingerprint density at radius 1 is 1.32 bits per heavy atom. The first-order valence-electron chi connectivity index (χ1n) is 6.26. The van der Waals surface area contributed by atoms with Gasteiger partial charge in [0.25, 0.3) is 0 Å². The van der Waals surface area contributed by atoms with Gasteiger partial charge in [-0.25, -0.2) is 4.39 Å². The number of halogens is 2. The molecule has 0 unspecified atom stereocenters. The fourth-order valence-electron chi connectivity index (χ4n) is 2.03. The number of benzene rings is 1. The highest BCUT2D eigenvalue weighted by molar-refractivity contribution is 9.10. The van der Waals surface area contributed by atoms with Crippen molar-refractivity contribution >= 4 is 15.9 Å². The zero-order chi connectivity index (χ0) is 13.8. The van der Waals surface area contributed by atoms with E-state index < -0.39 is 0 Å². The largest absolute Gasteiger partial charge is 0.308 e. The van der Waals surface area contributed by atoms with E-state index in [1.165, 1.54) is 17.7 Å². The summed E-state index contributed by atoms with van der Waals surface area (Å²) >= 11 is 3.37. The molecule has 0 aliphatic carbocycles. The lowest BCUT2D eigenvalue weighted by Crippen LogP contribution is -2.13. The maximum Gasteiger partial charge on any atom is 0.124 e. The first-order valence-corrected chi connectivity index (χ1v) is 7.05. The lowest BCUT2D eigenvalue weighted by Gasteiger charge is -2.07. The van der Waals surface area contributed by atoms with Gasteiger partial charge in [-0.15, -0.1) is 0 Å². The molecule has 0 bridgehead atoms. The fraction of sp³-hybridized carbons (Fsp3) is 0.357. The third-order valence-electron chi connectivity index (χ3n) is 2.97. The minimum absolute atomic E-state index is 0.226. The number of aryl methyl sites for hydroxylation is 2. The van der Waals surface area contributed by atoms with E-state index >= 15 is 0 Å². The van der Waals surface area contributed by atoms with E-state index in [9.17, 15) is 4.39 Å². The summed E-state index contributed by atoms with van der Waals surface area (Å²) in [5.74, 6) is -0.226. The molecule has 0 atom stereocenters. The SMILES string of the molecule is CCc1nn(C)cc1CNCc1ccc(F)cc1Br. The normalized spacial score (nSPS) is 10.9. The van der Waals surface area contributed by atoms with Crippen molar-refractivity contribution in [2.45, 2.75) is 26.4 Å². The van der Waals surface area contributed by atoms with Gasteiger partial charge >= 0.3 is 0 Å². The van der Waals surface area contributed by atoms with Crippen LogP contribution in [0.25, 0.3) is 0 Å². The van der Waals surface area contributed by atoms with Gasteiger partial charge in [0.15, 0.2) is 0 Å². The Balaban J connectivity index is 1.96. The average Bonchev–Trinajstić information content (AvgIpc) is 2.72.